The predicted molar refractivity (Wildman–Crippen MR) is 85.4 cm³/mol. The summed E-state index contributed by atoms with van der Waals surface area (Å²) in [7, 11) is 0. The Hall–Kier alpha value is -1.68. The van der Waals surface area contributed by atoms with Crippen LogP contribution < -0.4 is 10.9 Å². The number of hydrogen-bond donors (Lipinski definition) is 1. The van der Waals surface area contributed by atoms with E-state index in [9.17, 15) is 4.79 Å². The summed E-state index contributed by atoms with van der Waals surface area (Å²) in [4.78, 5) is 16.7. The summed E-state index contributed by atoms with van der Waals surface area (Å²) < 4.78 is 1.71. The van der Waals surface area contributed by atoms with Crippen LogP contribution in [0.1, 0.15) is 32.6 Å². The molecule has 0 amide bonds. The van der Waals surface area contributed by atoms with Crippen molar-refractivity contribution in [2.75, 3.05) is 6.54 Å². The highest BCUT2D eigenvalue weighted by Gasteiger charge is 2.17. The summed E-state index contributed by atoms with van der Waals surface area (Å²) in [5, 5.41) is 4.28. The van der Waals surface area contributed by atoms with E-state index in [1.54, 1.807) is 10.9 Å². The van der Waals surface area contributed by atoms with E-state index < -0.39 is 0 Å². The molecule has 112 valence electrons. The van der Waals surface area contributed by atoms with Crippen molar-refractivity contribution < 1.29 is 0 Å². The highest BCUT2D eigenvalue weighted by molar-refractivity contribution is 5.76. The fourth-order valence-electron chi connectivity index (χ4n) is 3.12. The van der Waals surface area contributed by atoms with Crippen molar-refractivity contribution in [2.24, 2.45) is 5.92 Å². The van der Waals surface area contributed by atoms with Gasteiger partial charge in [0.05, 0.1) is 17.2 Å². The van der Waals surface area contributed by atoms with Crippen LogP contribution in [0.15, 0.2) is 35.4 Å². The van der Waals surface area contributed by atoms with Crippen molar-refractivity contribution >= 4 is 10.9 Å². The molecular formula is C17H23N3O. The summed E-state index contributed by atoms with van der Waals surface area (Å²) in [6.07, 6.45) is 6.80. The van der Waals surface area contributed by atoms with E-state index >= 15 is 0 Å². The molecule has 0 unspecified atom stereocenters. The molecule has 1 N–H and O–H groups in total. The molecule has 1 aliphatic rings. The van der Waals surface area contributed by atoms with Gasteiger partial charge in [0.1, 0.15) is 0 Å². The molecule has 4 heteroatoms. The third kappa shape index (κ3) is 3.32. The minimum atomic E-state index is 0.0552. The number of para-hydroxylation sites is 1. The van der Waals surface area contributed by atoms with E-state index in [-0.39, 0.29) is 5.56 Å². The van der Waals surface area contributed by atoms with E-state index in [1.807, 2.05) is 24.3 Å². The van der Waals surface area contributed by atoms with Gasteiger partial charge in [0.2, 0.25) is 0 Å². The normalized spacial score (nSPS) is 22.5. The maximum Gasteiger partial charge on any atom is 0.261 e. The molecule has 4 nitrogen and oxygen atoms in total. The monoisotopic (exact) mass is 285 g/mol. The number of fused-ring (bicyclic) bond motifs is 1. The first kappa shape index (κ1) is 14.3. The Labute approximate surface area is 125 Å². The SMILES string of the molecule is CC1CCC(NCCn2cnc3ccccc3c2=O)CC1. The minimum Gasteiger partial charge on any atom is -0.312 e. The van der Waals surface area contributed by atoms with Crippen LogP contribution in [-0.4, -0.2) is 22.1 Å². The third-order valence-corrected chi connectivity index (χ3v) is 4.53. The first-order valence-electron chi connectivity index (χ1n) is 7.91. The molecule has 1 aliphatic carbocycles. The summed E-state index contributed by atoms with van der Waals surface area (Å²) in [6.45, 7) is 3.85. The van der Waals surface area contributed by atoms with Gasteiger partial charge in [-0.2, -0.15) is 0 Å². The van der Waals surface area contributed by atoms with Crippen LogP contribution in [0.2, 0.25) is 0 Å². The largest absolute Gasteiger partial charge is 0.312 e. The first-order chi connectivity index (χ1) is 10.2. The Morgan fingerprint density at radius 1 is 1.24 bits per heavy atom. The number of hydrogen-bond acceptors (Lipinski definition) is 3. The van der Waals surface area contributed by atoms with Crippen LogP contribution in [0.25, 0.3) is 10.9 Å². The fourth-order valence-corrected chi connectivity index (χ4v) is 3.12. The lowest BCUT2D eigenvalue weighted by Gasteiger charge is -2.27. The highest BCUT2D eigenvalue weighted by atomic mass is 16.1. The maximum atomic E-state index is 12.3. The van der Waals surface area contributed by atoms with Crippen LogP contribution in [0.3, 0.4) is 0 Å². The maximum absolute atomic E-state index is 12.3. The molecule has 1 aromatic carbocycles. The summed E-state index contributed by atoms with van der Waals surface area (Å²) >= 11 is 0. The summed E-state index contributed by atoms with van der Waals surface area (Å²) in [6, 6.07) is 8.13. The van der Waals surface area contributed by atoms with Gasteiger partial charge in [-0.25, -0.2) is 4.98 Å². The molecule has 0 aliphatic heterocycles. The zero-order valence-corrected chi connectivity index (χ0v) is 12.6. The van der Waals surface area contributed by atoms with Crippen molar-refractivity contribution in [1.82, 2.24) is 14.9 Å². The molecule has 1 aromatic heterocycles. The topological polar surface area (TPSA) is 46.9 Å². The van der Waals surface area contributed by atoms with Crippen molar-refractivity contribution in [3.05, 3.63) is 40.9 Å². The van der Waals surface area contributed by atoms with Gasteiger partial charge in [0.15, 0.2) is 0 Å². The van der Waals surface area contributed by atoms with Crippen LogP contribution in [-0.2, 0) is 6.54 Å². The Balaban J connectivity index is 1.61. The number of aromatic nitrogens is 2. The second kappa shape index (κ2) is 6.39. The highest BCUT2D eigenvalue weighted by Crippen LogP contribution is 2.23. The molecule has 1 saturated carbocycles. The standard InChI is InChI=1S/C17H23N3O/c1-13-6-8-14(9-7-13)18-10-11-20-12-19-16-5-3-2-4-15(16)17(20)21/h2-5,12-14,18H,6-11H2,1H3. The molecule has 1 heterocycles. The number of nitrogens with zero attached hydrogens (tertiary/aromatic N) is 2. The van der Waals surface area contributed by atoms with E-state index in [0.29, 0.717) is 18.0 Å². The number of benzene rings is 1. The lowest BCUT2D eigenvalue weighted by atomic mass is 9.87. The third-order valence-electron chi connectivity index (χ3n) is 4.53. The van der Waals surface area contributed by atoms with Crippen LogP contribution in [0.5, 0.6) is 0 Å². The Kier molecular flexibility index (Phi) is 4.34. The molecule has 0 atom stereocenters. The van der Waals surface area contributed by atoms with Gasteiger partial charge in [-0.3, -0.25) is 9.36 Å². The fraction of sp³-hybridized carbons (Fsp3) is 0.529. The predicted octanol–water partition coefficient (Wildman–Crippen LogP) is 2.56. The van der Waals surface area contributed by atoms with Gasteiger partial charge < -0.3 is 5.32 Å². The molecular weight excluding hydrogens is 262 g/mol. The van der Waals surface area contributed by atoms with Crippen LogP contribution in [0.4, 0.5) is 0 Å². The Bertz CT molecular complexity index is 656. The molecule has 0 spiro atoms. The zero-order valence-electron chi connectivity index (χ0n) is 12.6. The van der Waals surface area contributed by atoms with Gasteiger partial charge in [0, 0.05) is 19.1 Å². The molecule has 0 saturated heterocycles. The van der Waals surface area contributed by atoms with Crippen molar-refractivity contribution in [2.45, 2.75) is 45.2 Å². The average Bonchev–Trinajstić information content (AvgIpc) is 2.52. The van der Waals surface area contributed by atoms with Crippen LogP contribution >= 0.6 is 0 Å². The van der Waals surface area contributed by atoms with Crippen molar-refractivity contribution in [1.29, 1.82) is 0 Å². The molecule has 2 aromatic rings. The second-order valence-electron chi connectivity index (χ2n) is 6.17. The molecule has 0 bridgehead atoms. The van der Waals surface area contributed by atoms with Crippen molar-refractivity contribution in [3.63, 3.8) is 0 Å². The molecule has 1 fully saturated rings. The summed E-state index contributed by atoms with van der Waals surface area (Å²) in [5.74, 6) is 0.871. The van der Waals surface area contributed by atoms with E-state index in [1.165, 1.54) is 25.7 Å². The van der Waals surface area contributed by atoms with Crippen LogP contribution in [0, 0.1) is 5.92 Å². The number of rotatable bonds is 4. The van der Waals surface area contributed by atoms with Crippen molar-refractivity contribution in [3.8, 4) is 0 Å². The lowest BCUT2D eigenvalue weighted by Crippen LogP contribution is -2.36. The van der Waals surface area contributed by atoms with E-state index in [0.717, 1.165) is 18.0 Å². The molecule has 3 rings (SSSR count). The van der Waals surface area contributed by atoms with Gasteiger partial charge in [-0.1, -0.05) is 19.1 Å². The van der Waals surface area contributed by atoms with Gasteiger partial charge >= 0.3 is 0 Å². The smallest absolute Gasteiger partial charge is 0.261 e. The van der Waals surface area contributed by atoms with E-state index in [2.05, 4.69) is 17.2 Å². The van der Waals surface area contributed by atoms with E-state index in [4.69, 9.17) is 0 Å². The zero-order chi connectivity index (χ0) is 14.7. The Morgan fingerprint density at radius 2 is 2.00 bits per heavy atom. The minimum absolute atomic E-state index is 0.0552. The average molecular weight is 285 g/mol. The molecule has 21 heavy (non-hydrogen) atoms. The second-order valence-corrected chi connectivity index (χ2v) is 6.17. The van der Waals surface area contributed by atoms with Gasteiger partial charge in [0.25, 0.3) is 5.56 Å². The first-order valence-corrected chi connectivity index (χ1v) is 7.91. The van der Waals surface area contributed by atoms with Gasteiger partial charge in [-0.15, -0.1) is 0 Å². The summed E-state index contributed by atoms with van der Waals surface area (Å²) in [5.41, 5.74) is 0.827. The van der Waals surface area contributed by atoms with Gasteiger partial charge in [-0.05, 0) is 43.7 Å². The molecule has 0 radical (unpaired) electrons. The quantitative estimate of drug-likeness (QED) is 0.939. The number of nitrogens with one attached hydrogen (secondary N) is 1. The Morgan fingerprint density at radius 3 is 2.81 bits per heavy atom. The lowest BCUT2D eigenvalue weighted by molar-refractivity contribution is 0.305.